The molecule has 3 rings (SSSR count). The number of nitrogens with zero attached hydrogens (tertiary/aromatic N) is 2. The minimum atomic E-state index is 0.308. The van der Waals surface area contributed by atoms with Crippen molar-refractivity contribution >= 4 is 11.3 Å². The lowest BCUT2D eigenvalue weighted by atomic mass is 10.1. The minimum Gasteiger partial charge on any atom is -0.327 e. The van der Waals surface area contributed by atoms with Crippen LogP contribution in [0, 0.1) is 6.92 Å². The average molecular weight is 233 g/mol. The normalized spacial score (nSPS) is 19.8. The van der Waals surface area contributed by atoms with Crippen molar-refractivity contribution in [3.05, 3.63) is 28.9 Å². The van der Waals surface area contributed by atoms with E-state index in [1.807, 2.05) is 6.20 Å². The zero-order chi connectivity index (χ0) is 11.1. The smallest absolute Gasteiger partial charge is 0.150 e. The van der Waals surface area contributed by atoms with Gasteiger partial charge in [-0.1, -0.05) is 0 Å². The Hall–Kier alpha value is -1.13. The lowest BCUT2D eigenvalue weighted by molar-refractivity contribution is 0.475. The van der Waals surface area contributed by atoms with E-state index >= 15 is 0 Å². The Bertz CT molecular complexity index is 512. The molecule has 4 heteroatoms. The van der Waals surface area contributed by atoms with Crippen LogP contribution >= 0.6 is 11.3 Å². The molecule has 1 aliphatic rings. The van der Waals surface area contributed by atoms with Gasteiger partial charge in [0, 0.05) is 35.8 Å². The van der Waals surface area contributed by atoms with Crippen molar-refractivity contribution in [2.24, 2.45) is 5.73 Å². The molecular formula is C12H15N3S. The molecule has 3 heterocycles. The minimum absolute atomic E-state index is 0.308. The van der Waals surface area contributed by atoms with E-state index in [1.165, 1.54) is 15.4 Å². The summed E-state index contributed by atoms with van der Waals surface area (Å²) < 4.78 is 2.31. The highest BCUT2D eigenvalue weighted by Crippen LogP contribution is 2.29. The highest BCUT2D eigenvalue weighted by atomic mass is 32.1. The van der Waals surface area contributed by atoms with Crippen LogP contribution in [0.5, 0.6) is 0 Å². The fourth-order valence-corrected chi connectivity index (χ4v) is 3.11. The molecule has 2 aromatic rings. The fourth-order valence-electron chi connectivity index (χ4n) is 2.24. The van der Waals surface area contributed by atoms with E-state index in [1.54, 1.807) is 11.3 Å². The lowest BCUT2D eigenvalue weighted by Gasteiger charge is -2.21. The van der Waals surface area contributed by atoms with Crippen LogP contribution in [0.2, 0.25) is 0 Å². The molecule has 2 N–H and O–H groups in total. The second-order valence-electron chi connectivity index (χ2n) is 4.39. The Balaban J connectivity index is 2.03. The van der Waals surface area contributed by atoms with Gasteiger partial charge in [0.05, 0.1) is 4.88 Å². The number of rotatable bonds is 1. The molecule has 1 unspecified atom stereocenters. The van der Waals surface area contributed by atoms with Crippen molar-refractivity contribution in [3.8, 4) is 10.7 Å². The summed E-state index contributed by atoms with van der Waals surface area (Å²) in [6.07, 6.45) is 3.99. The predicted molar refractivity (Wildman–Crippen MR) is 66.6 cm³/mol. The number of aryl methyl sites for hydroxylation is 1. The number of fused-ring (bicyclic) bond motifs is 1. The molecule has 2 aromatic heterocycles. The Morgan fingerprint density at radius 2 is 2.38 bits per heavy atom. The van der Waals surface area contributed by atoms with Crippen LogP contribution in [-0.2, 0) is 13.0 Å². The maximum absolute atomic E-state index is 5.96. The van der Waals surface area contributed by atoms with Crippen molar-refractivity contribution in [1.82, 2.24) is 9.55 Å². The first kappa shape index (κ1) is 10.1. The standard InChI is InChI=1S/C12H15N3S/c1-8-2-3-11(16-8)12-14-7-10-6-9(13)4-5-15(10)12/h2-3,7,9H,4-6,13H2,1H3. The van der Waals surface area contributed by atoms with Crippen LogP contribution in [0.25, 0.3) is 10.7 Å². The second-order valence-corrected chi connectivity index (χ2v) is 5.68. The molecule has 0 fully saturated rings. The largest absolute Gasteiger partial charge is 0.327 e. The van der Waals surface area contributed by atoms with Crippen LogP contribution in [0.4, 0.5) is 0 Å². The van der Waals surface area contributed by atoms with Gasteiger partial charge >= 0.3 is 0 Å². The molecule has 3 nitrogen and oxygen atoms in total. The molecule has 0 saturated heterocycles. The van der Waals surface area contributed by atoms with E-state index in [4.69, 9.17) is 5.73 Å². The van der Waals surface area contributed by atoms with Crippen LogP contribution in [0.3, 0.4) is 0 Å². The summed E-state index contributed by atoms with van der Waals surface area (Å²) in [5.74, 6) is 1.11. The number of hydrogen-bond donors (Lipinski definition) is 1. The fraction of sp³-hybridized carbons (Fsp3) is 0.417. The van der Waals surface area contributed by atoms with E-state index in [0.717, 1.165) is 25.2 Å². The van der Waals surface area contributed by atoms with E-state index in [9.17, 15) is 0 Å². The molecule has 16 heavy (non-hydrogen) atoms. The van der Waals surface area contributed by atoms with Gasteiger partial charge in [-0.15, -0.1) is 11.3 Å². The first-order valence-corrected chi connectivity index (χ1v) is 6.42. The summed E-state index contributed by atoms with van der Waals surface area (Å²) in [4.78, 5) is 7.13. The Morgan fingerprint density at radius 1 is 1.50 bits per heavy atom. The third-order valence-corrected chi connectivity index (χ3v) is 4.09. The van der Waals surface area contributed by atoms with E-state index in [2.05, 4.69) is 28.6 Å². The first-order chi connectivity index (χ1) is 7.74. The highest BCUT2D eigenvalue weighted by Gasteiger charge is 2.19. The van der Waals surface area contributed by atoms with Crippen LogP contribution < -0.4 is 5.73 Å². The van der Waals surface area contributed by atoms with E-state index in [-0.39, 0.29) is 0 Å². The molecule has 1 atom stereocenters. The quantitative estimate of drug-likeness (QED) is 0.820. The molecular weight excluding hydrogens is 218 g/mol. The van der Waals surface area contributed by atoms with Crippen LogP contribution in [0.15, 0.2) is 18.3 Å². The number of thiophene rings is 1. The summed E-state index contributed by atoms with van der Waals surface area (Å²) in [6.45, 7) is 3.13. The summed E-state index contributed by atoms with van der Waals surface area (Å²) >= 11 is 1.80. The van der Waals surface area contributed by atoms with Gasteiger partial charge in [0.1, 0.15) is 5.82 Å². The SMILES string of the molecule is Cc1ccc(-c2ncc3n2CCC(N)C3)s1. The van der Waals surface area contributed by atoms with E-state index < -0.39 is 0 Å². The molecule has 0 aromatic carbocycles. The molecule has 84 valence electrons. The Morgan fingerprint density at radius 3 is 3.12 bits per heavy atom. The molecule has 1 aliphatic heterocycles. The van der Waals surface area contributed by atoms with Gasteiger partial charge in [-0.25, -0.2) is 4.98 Å². The molecule has 0 bridgehead atoms. The maximum Gasteiger partial charge on any atom is 0.150 e. The first-order valence-electron chi connectivity index (χ1n) is 5.61. The number of hydrogen-bond acceptors (Lipinski definition) is 3. The lowest BCUT2D eigenvalue weighted by Crippen LogP contribution is -2.30. The summed E-state index contributed by atoms with van der Waals surface area (Å²) in [7, 11) is 0. The number of aromatic nitrogens is 2. The number of nitrogens with two attached hydrogens (primary N) is 1. The van der Waals surface area contributed by atoms with Gasteiger partial charge in [0.2, 0.25) is 0 Å². The van der Waals surface area contributed by atoms with Crippen molar-refractivity contribution in [3.63, 3.8) is 0 Å². The second kappa shape index (κ2) is 3.71. The Labute approximate surface area is 98.9 Å². The van der Waals surface area contributed by atoms with Crippen LogP contribution in [0.1, 0.15) is 17.0 Å². The zero-order valence-electron chi connectivity index (χ0n) is 9.31. The number of imidazole rings is 1. The highest BCUT2D eigenvalue weighted by molar-refractivity contribution is 7.15. The third-order valence-electron chi connectivity index (χ3n) is 3.09. The van der Waals surface area contributed by atoms with Crippen molar-refractivity contribution in [1.29, 1.82) is 0 Å². The monoisotopic (exact) mass is 233 g/mol. The molecule has 0 amide bonds. The van der Waals surface area contributed by atoms with Gasteiger partial charge < -0.3 is 10.3 Å². The van der Waals surface area contributed by atoms with Gasteiger partial charge in [-0.05, 0) is 25.5 Å². The van der Waals surface area contributed by atoms with Gasteiger partial charge in [-0.3, -0.25) is 0 Å². The molecule has 0 radical (unpaired) electrons. The topological polar surface area (TPSA) is 43.8 Å². The summed E-state index contributed by atoms with van der Waals surface area (Å²) in [5.41, 5.74) is 7.24. The van der Waals surface area contributed by atoms with Gasteiger partial charge in [0.25, 0.3) is 0 Å². The third kappa shape index (κ3) is 1.58. The zero-order valence-corrected chi connectivity index (χ0v) is 10.1. The van der Waals surface area contributed by atoms with E-state index in [0.29, 0.717) is 6.04 Å². The van der Waals surface area contributed by atoms with Crippen molar-refractivity contribution in [2.75, 3.05) is 0 Å². The Kier molecular flexibility index (Phi) is 2.33. The molecule has 0 saturated carbocycles. The summed E-state index contributed by atoms with van der Waals surface area (Å²) in [6, 6.07) is 4.61. The molecule has 0 spiro atoms. The van der Waals surface area contributed by atoms with Crippen LogP contribution in [-0.4, -0.2) is 15.6 Å². The van der Waals surface area contributed by atoms with Gasteiger partial charge in [-0.2, -0.15) is 0 Å². The molecule has 0 aliphatic carbocycles. The van der Waals surface area contributed by atoms with Gasteiger partial charge in [0.15, 0.2) is 0 Å². The van der Waals surface area contributed by atoms with Crippen molar-refractivity contribution < 1.29 is 0 Å². The maximum atomic E-state index is 5.96. The summed E-state index contributed by atoms with van der Waals surface area (Å²) in [5, 5.41) is 0. The average Bonchev–Trinajstić information content (AvgIpc) is 2.83. The predicted octanol–water partition coefficient (Wildman–Crippen LogP) is 2.19. The van der Waals surface area contributed by atoms with Crippen molar-refractivity contribution in [2.45, 2.75) is 32.4 Å².